The third-order valence-electron chi connectivity index (χ3n) is 6.46. The molecule has 2 aliphatic heterocycles. The molecule has 0 saturated carbocycles. The summed E-state index contributed by atoms with van der Waals surface area (Å²) in [6, 6.07) is 15.2. The summed E-state index contributed by atoms with van der Waals surface area (Å²) in [4.78, 5) is 17.6. The van der Waals surface area contributed by atoms with Crippen LogP contribution < -0.4 is 5.32 Å². The van der Waals surface area contributed by atoms with Gasteiger partial charge in [0.2, 0.25) is 0 Å². The van der Waals surface area contributed by atoms with Crippen LogP contribution >= 0.6 is 11.8 Å². The first kappa shape index (κ1) is 23.2. The minimum absolute atomic E-state index is 0.00359. The van der Waals surface area contributed by atoms with Crippen LogP contribution in [0, 0.1) is 0 Å². The average molecular weight is 453 g/mol. The fraction of sp³-hybridized carbons (Fsp3) is 0.519. The lowest BCUT2D eigenvalue weighted by molar-refractivity contribution is -0.151. The number of esters is 1. The number of hydrogen-bond donors (Lipinski definition) is 1. The van der Waals surface area contributed by atoms with Crippen molar-refractivity contribution in [1.29, 1.82) is 0 Å². The molecule has 1 unspecified atom stereocenters. The molecule has 1 fully saturated rings. The van der Waals surface area contributed by atoms with Crippen LogP contribution in [0.4, 0.5) is 11.4 Å². The van der Waals surface area contributed by atoms with Gasteiger partial charge in [0.1, 0.15) is 6.04 Å². The zero-order valence-corrected chi connectivity index (χ0v) is 20.1. The highest BCUT2D eigenvalue weighted by atomic mass is 32.2. The second kappa shape index (κ2) is 11.8. The largest absolute Gasteiger partial charge is 0.465 e. The van der Waals surface area contributed by atoms with Crippen LogP contribution in [0.1, 0.15) is 63.9 Å². The van der Waals surface area contributed by atoms with Crippen LogP contribution in [-0.2, 0) is 16.0 Å². The normalized spacial score (nSPS) is 17.8. The number of rotatable bonds is 10. The highest BCUT2D eigenvalue weighted by molar-refractivity contribution is 7.99. The Labute approximate surface area is 197 Å². The number of unbranched alkanes of at least 4 members (excludes halogenated alkanes) is 3. The van der Waals surface area contributed by atoms with E-state index in [4.69, 9.17) is 4.74 Å². The van der Waals surface area contributed by atoms with Crippen molar-refractivity contribution in [2.45, 2.75) is 80.5 Å². The lowest BCUT2D eigenvalue weighted by Gasteiger charge is -2.34. The van der Waals surface area contributed by atoms with Crippen LogP contribution in [0.3, 0.4) is 0 Å². The number of likely N-dealkylation sites (tertiary alicyclic amines) is 1. The molecule has 0 amide bonds. The molecular weight excluding hydrogens is 416 g/mol. The molecule has 4 rings (SSSR count). The summed E-state index contributed by atoms with van der Waals surface area (Å²) in [6.07, 6.45) is 9.91. The Morgan fingerprint density at radius 1 is 1.06 bits per heavy atom. The van der Waals surface area contributed by atoms with Crippen LogP contribution in [0.2, 0.25) is 0 Å². The first-order chi connectivity index (χ1) is 15.7. The van der Waals surface area contributed by atoms with Crippen molar-refractivity contribution in [2.24, 2.45) is 0 Å². The van der Waals surface area contributed by atoms with Gasteiger partial charge in [-0.2, -0.15) is 0 Å². The van der Waals surface area contributed by atoms with E-state index in [1.165, 1.54) is 46.0 Å². The van der Waals surface area contributed by atoms with Gasteiger partial charge in [0.05, 0.1) is 18.0 Å². The summed E-state index contributed by atoms with van der Waals surface area (Å²) in [6.45, 7) is 4.75. The van der Waals surface area contributed by atoms with Crippen molar-refractivity contribution in [3.8, 4) is 0 Å². The zero-order valence-electron chi connectivity index (χ0n) is 19.3. The Bertz CT molecular complexity index is 901. The molecule has 4 nitrogen and oxygen atoms in total. The van der Waals surface area contributed by atoms with E-state index >= 15 is 0 Å². The number of para-hydroxylation sites is 1. The predicted molar refractivity (Wildman–Crippen MR) is 133 cm³/mol. The number of anilines is 2. The van der Waals surface area contributed by atoms with Crippen molar-refractivity contribution in [1.82, 2.24) is 4.90 Å². The van der Waals surface area contributed by atoms with Crippen LogP contribution in [-0.4, -0.2) is 36.6 Å². The molecule has 2 aliphatic rings. The Balaban J connectivity index is 1.26. The molecule has 1 saturated heterocycles. The monoisotopic (exact) mass is 452 g/mol. The molecule has 32 heavy (non-hydrogen) atoms. The van der Waals surface area contributed by atoms with Gasteiger partial charge in [-0.3, -0.25) is 9.69 Å². The standard InChI is InChI=1S/C27H36N2O2S/c1-2-3-4-9-19-31-27(30)24-13-7-8-17-29(24)18-10-11-21-15-16-23-26(20-21)32-25-14-6-5-12-22(25)28-23/h5-6,12,14-16,20,24,28H,2-4,7-11,13,17-19H2,1H3. The number of benzene rings is 2. The van der Waals surface area contributed by atoms with Crippen LogP contribution in [0.25, 0.3) is 0 Å². The van der Waals surface area contributed by atoms with E-state index in [9.17, 15) is 4.79 Å². The molecule has 0 spiro atoms. The number of nitrogens with zero attached hydrogens (tertiary/aromatic N) is 1. The Hall–Kier alpha value is -1.98. The number of ether oxygens (including phenoxy) is 1. The second-order valence-electron chi connectivity index (χ2n) is 8.93. The van der Waals surface area contributed by atoms with Gasteiger partial charge in [0.25, 0.3) is 0 Å². The van der Waals surface area contributed by atoms with Gasteiger partial charge in [0.15, 0.2) is 0 Å². The van der Waals surface area contributed by atoms with E-state index in [-0.39, 0.29) is 12.0 Å². The third-order valence-corrected chi connectivity index (χ3v) is 7.59. The Morgan fingerprint density at radius 3 is 2.84 bits per heavy atom. The molecule has 0 bridgehead atoms. The zero-order chi connectivity index (χ0) is 22.2. The first-order valence-electron chi connectivity index (χ1n) is 12.3. The first-order valence-corrected chi connectivity index (χ1v) is 13.1. The molecule has 0 aliphatic carbocycles. The molecule has 2 aromatic rings. The third kappa shape index (κ3) is 6.08. The fourth-order valence-electron chi connectivity index (χ4n) is 4.64. The smallest absolute Gasteiger partial charge is 0.323 e. The molecular formula is C27H36N2O2S. The highest BCUT2D eigenvalue weighted by Gasteiger charge is 2.29. The molecule has 2 aromatic carbocycles. The molecule has 2 heterocycles. The summed E-state index contributed by atoms with van der Waals surface area (Å²) < 4.78 is 5.62. The van der Waals surface area contributed by atoms with E-state index in [0.717, 1.165) is 51.6 Å². The topological polar surface area (TPSA) is 41.6 Å². The molecule has 0 aromatic heterocycles. The van der Waals surface area contributed by atoms with E-state index < -0.39 is 0 Å². The number of carbonyl (C=O) groups is 1. The Morgan fingerprint density at radius 2 is 1.94 bits per heavy atom. The molecule has 0 radical (unpaired) electrons. The van der Waals surface area contributed by atoms with Gasteiger partial charge in [-0.1, -0.05) is 62.6 Å². The quantitative estimate of drug-likeness (QED) is 0.270. The van der Waals surface area contributed by atoms with Gasteiger partial charge < -0.3 is 10.1 Å². The van der Waals surface area contributed by atoms with Crippen LogP contribution in [0.15, 0.2) is 52.3 Å². The maximum absolute atomic E-state index is 12.7. The maximum Gasteiger partial charge on any atom is 0.323 e. The number of carbonyl (C=O) groups excluding carboxylic acids is 1. The number of hydrogen-bond acceptors (Lipinski definition) is 5. The van der Waals surface area contributed by atoms with E-state index in [2.05, 4.69) is 59.6 Å². The van der Waals surface area contributed by atoms with Crippen molar-refractivity contribution in [2.75, 3.05) is 25.0 Å². The van der Waals surface area contributed by atoms with E-state index in [1.807, 2.05) is 11.8 Å². The van der Waals surface area contributed by atoms with Gasteiger partial charge >= 0.3 is 5.97 Å². The Kier molecular flexibility index (Phi) is 8.52. The minimum atomic E-state index is -0.0466. The van der Waals surface area contributed by atoms with Gasteiger partial charge in [0, 0.05) is 9.79 Å². The number of nitrogens with one attached hydrogen (secondary N) is 1. The second-order valence-corrected chi connectivity index (χ2v) is 10.0. The van der Waals surface area contributed by atoms with Crippen molar-refractivity contribution < 1.29 is 9.53 Å². The van der Waals surface area contributed by atoms with E-state index in [0.29, 0.717) is 6.61 Å². The molecule has 172 valence electrons. The maximum atomic E-state index is 12.7. The van der Waals surface area contributed by atoms with Gasteiger partial charge in [-0.05, 0) is 75.0 Å². The molecule has 1 N–H and O–H groups in total. The summed E-state index contributed by atoms with van der Waals surface area (Å²) in [7, 11) is 0. The van der Waals surface area contributed by atoms with Crippen molar-refractivity contribution in [3.05, 3.63) is 48.0 Å². The average Bonchev–Trinajstić information content (AvgIpc) is 2.82. The van der Waals surface area contributed by atoms with Gasteiger partial charge in [-0.25, -0.2) is 0 Å². The molecule has 5 heteroatoms. The number of aryl methyl sites for hydroxylation is 1. The summed E-state index contributed by atoms with van der Waals surface area (Å²) in [5.74, 6) is -0.00359. The lowest BCUT2D eigenvalue weighted by Crippen LogP contribution is -2.46. The number of piperidine rings is 1. The van der Waals surface area contributed by atoms with Gasteiger partial charge in [-0.15, -0.1) is 0 Å². The number of fused-ring (bicyclic) bond motifs is 2. The van der Waals surface area contributed by atoms with Crippen LogP contribution in [0.5, 0.6) is 0 Å². The highest BCUT2D eigenvalue weighted by Crippen LogP contribution is 2.44. The SMILES string of the molecule is CCCCCCOC(=O)C1CCCCN1CCCc1ccc2c(c1)Sc1ccccc1N2. The van der Waals surface area contributed by atoms with E-state index in [1.54, 1.807) is 0 Å². The predicted octanol–water partition coefficient (Wildman–Crippen LogP) is 6.81. The lowest BCUT2D eigenvalue weighted by atomic mass is 10.0. The summed E-state index contributed by atoms with van der Waals surface area (Å²) >= 11 is 1.84. The van der Waals surface area contributed by atoms with Crippen molar-refractivity contribution >= 4 is 29.1 Å². The minimum Gasteiger partial charge on any atom is -0.465 e. The molecule has 1 atom stereocenters. The summed E-state index contributed by atoms with van der Waals surface area (Å²) in [5.41, 5.74) is 3.74. The van der Waals surface area contributed by atoms with Crippen molar-refractivity contribution in [3.63, 3.8) is 0 Å². The fourth-order valence-corrected chi connectivity index (χ4v) is 5.69. The summed E-state index contributed by atoms with van der Waals surface area (Å²) in [5, 5.41) is 3.54.